The number of rotatable bonds is 4. The molecule has 5 rings (SSSR count). The zero-order valence-electron chi connectivity index (χ0n) is 16.1. The fraction of sp³-hybridized carbons (Fsp3) is 0.217. The van der Waals surface area contributed by atoms with Crippen molar-refractivity contribution in [1.29, 1.82) is 0 Å². The minimum absolute atomic E-state index is 0.174. The third kappa shape index (κ3) is 3.32. The van der Waals surface area contributed by atoms with Crippen molar-refractivity contribution in [3.63, 3.8) is 0 Å². The van der Waals surface area contributed by atoms with Gasteiger partial charge in [-0.1, -0.05) is 48.2 Å². The molecule has 0 aliphatic carbocycles. The highest BCUT2D eigenvalue weighted by Gasteiger charge is 2.33. The van der Waals surface area contributed by atoms with E-state index in [-0.39, 0.29) is 11.9 Å². The summed E-state index contributed by atoms with van der Waals surface area (Å²) in [5.74, 6) is -0.178. The van der Waals surface area contributed by atoms with Crippen molar-refractivity contribution in [2.75, 3.05) is 12.8 Å². The minimum Gasteiger partial charge on any atom is -0.357 e. The van der Waals surface area contributed by atoms with Crippen LogP contribution in [0.5, 0.6) is 0 Å². The van der Waals surface area contributed by atoms with Crippen LogP contribution in [0.3, 0.4) is 0 Å². The maximum Gasteiger partial charge on any atom is 0.187 e. The zero-order chi connectivity index (χ0) is 19.8. The summed E-state index contributed by atoms with van der Waals surface area (Å²) in [7, 11) is 0. The normalized spacial score (nSPS) is 16.8. The summed E-state index contributed by atoms with van der Waals surface area (Å²) in [6.45, 7) is 1.51. The van der Waals surface area contributed by atoms with E-state index in [2.05, 4.69) is 38.1 Å². The predicted octanol–water partition coefficient (Wildman–Crippen LogP) is 4.97. The lowest BCUT2D eigenvalue weighted by atomic mass is 9.91. The van der Waals surface area contributed by atoms with E-state index < -0.39 is 0 Å². The van der Waals surface area contributed by atoms with Crippen LogP contribution in [0.25, 0.3) is 10.9 Å². The molecular formula is C23H21FN4S. The van der Waals surface area contributed by atoms with Crippen LogP contribution in [-0.2, 0) is 13.0 Å². The lowest BCUT2D eigenvalue weighted by Crippen LogP contribution is -2.36. The third-order valence-corrected chi connectivity index (χ3v) is 6.16. The number of thioether (sulfide) groups is 1. The number of H-pyrrole nitrogens is 1. The highest BCUT2D eigenvalue weighted by molar-refractivity contribution is 7.98. The van der Waals surface area contributed by atoms with Gasteiger partial charge in [0.05, 0.1) is 6.04 Å². The molecule has 2 aromatic carbocycles. The van der Waals surface area contributed by atoms with Crippen LogP contribution in [0.4, 0.5) is 4.39 Å². The number of aromatic amines is 1. The van der Waals surface area contributed by atoms with Crippen molar-refractivity contribution >= 4 is 22.7 Å². The van der Waals surface area contributed by atoms with Crippen LogP contribution < -0.4 is 0 Å². The van der Waals surface area contributed by atoms with Gasteiger partial charge in [-0.2, -0.15) is 0 Å². The van der Waals surface area contributed by atoms with Gasteiger partial charge in [0.25, 0.3) is 0 Å². The van der Waals surface area contributed by atoms with Gasteiger partial charge >= 0.3 is 0 Å². The number of para-hydroxylation sites is 1. The van der Waals surface area contributed by atoms with Gasteiger partial charge in [-0.05, 0) is 30.4 Å². The Bertz CT molecular complexity index is 1160. The Labute approximate surface area is 173 Å². The molecule has 0 spiro atoms. The number of halogens is 1. The van der Waals surface area contributed by atoms with E-state index >= 15 is 0 Å². The molecule has 1 aliphatic heterocycles. The third-order valence-electron chi connectivity index (χ3n) is 5.58. The number of aromatic nitrogens is 3. The largest absolute Gasteiger partial charge is 0.357 e. The molecule has 0 fully saturated rings. The first-order chi connectivity index (χ1) is 14.2. The van der Waals surface area contributed by atoms with E-state index in [0.717, 1.165) is 34.9 Å². The van der Waals surface area contributed by atoms with Gasteiger partial charge in [0, 0.05) is 53.2 Å². The van der Waals surface area contributed by atoms with Crippen molar-refractivity contribution in [2.24, 2.45) is 0 Å². The van der Waals surface area contributed by atoms with Gasteiger partial charge in [0.15, 0.2) is 5.16 Å². The Hall–Kier alpha value is -2.70. The van der Waals surface area contributed by atoms with E-state index in [1.807, 2.05) is 36.8 Å². The first kappa shape index (κ1) is 18.3. The summed E-state index contributed by atoms with van der Waals surface area (Å²) in [5.41, 5.74) is 5.21. The van der Waals surface area contributed by atoms with Gasteiger partial charge < -0.3 is 4.98 Å². The topological polar surface area (TPSA) is 44.8 Å². The number of nitrogens with one attached hydrogen (secondary N) is 1. The van der Waals surface area contributed by atoms with Crippen molar-refractivity contribution in [1.82, 2.24) is 19.9 Å². The second-order valence-corrected chi connectivity index (χ2v) is 8.06. The lowest BCUT2D eigenvalue weighted by Gasteiger charge is -2.36. The van der Waals surface area contributed by atoms with Crippen LogP contribution in [0.1, 0.15) is 28.4 Å². The zero-order valence-corrected chi connectivity index (χ0v) is 16.9. The van der Waals surface area contributed by atoms with Crippen LogP contribution >= 0.6 is 11.8 Å². The fourth-order valence-electron chi connectivity index (χ4n) is 4.27. The van der Waals surface area contributed by atoms with Crippen LogP contribution in [0.2, 0.25) is 0 Å². The molecule has 0 unspecified atom stereocenters. The van der Waals surface area contributed by atoms with E-state index in [1.54, 1.807) is 12.1 Å². The van der Waals surface area contributed by atoms with Crippen molar-refractivity contribution in [3.8, 4) is 0 Å². The first-order valence-corrected chi connectivity index (χ1v) is 10.9. The SMILES string of the molecule is CSc1ncc(CN2CCc3c([nH]c4ccccc34)[C@H]2c2ccccc2F)cn1. The van der Waals surface area contributed by atoms with Gasteiger partial charge in [-0.3, -0.25) is 4.90 Å². The van der Waals surface area contributed by atoms with Crippen LogP contribution in [0, 0.1) is 5.82 Å². The number of fused-ring (bicyclic) bond motifs is 3. The number of nitrogens with zero attached hydrogens (tertiary/aromatic N) is 3. The summed E-state index contributed by atoms with van der Waals surface area (Å²) >= 11 is 1.53. The number of benzene rings is 2. The van der Waals surface area contributed by atoms with E-state index in [9.17, 15) is 4.39 Å². The first-order valence-electron chi connectivity index (χ1n) is 9.67. The van der Waals surface area contributed by atoms with Gasteiger partial charge in [0.2, 0.25) is 0 Å². The molecule has 0 radical (unpaired) electrons. The van der Waals surface area contributed by atoms with Crippen LogP contribution in [-0.4, -0.2) is 32.7 Å². The molecule has 0 amide bonds. The molecule has 0 saturated heterocycles. The van der Waals surface area contributed by atoms with Gasteiger partial charge in [0.1, 0.15) is 5.82 Å². The van der Waals surface area contributed by atoms with Crippen molar-refractivity contribution < 1.29 is 4.39 Å². The molecule has 0 bridgehead atoms. The van der Waals surface area contributed by atoms with Crippen molar-refractivity contribution in [3.05, 3.63) is 89.1 Å². The predicted molar refractivity (Wildman–Crippen MR) is 114 cm³/mol. The Kier molecular flexibility index (Phi) is 4.81. The molecule has 0 saturated carbocycles. The molecule has 1 N–H and O–H groups in total. The Morgan fingerprint density at radius 1 is 1.10 bits per heavy atom. The number of hydrogen-bond acceptors (Lipinski definition) is 4. The van der Waals surface area contributed by atoms with Gasteiger partial charge in [-0.15, -0.1) is 0 Å². The average Bonchev–Trinajstić information content (AvgIpc) is 3.13. The molecule has 29 heavy (non-hydrogen) atoms. The molecule has 2 aromatic heterocycles. The lowest BCUT2D eigenvalue weighted by molar-refractivity contribution is 0.198. The monoisotopic (exact) mass is 404 g/mol. The summed E-state index contributed by atoms with van der Waals surface area (Å²) in [5, 5.41) is 1.99. The maximum atomic E-state index is 14.9. The van der Waals surface area contributed by atoms with Crippen LogP contribution in [0.15, 0.2) is 66.1 Å². The molecule has 6 heteroatoms. The summed E-state index contributed by atoms with van der Waals surface area (Å²) < 4.78 is 14.9. The molecule has 3 heterocycles. The average molecular weight is 405 g/mol. The molecule has 4 nitrogen and oxygen atoms in total. The molecule has 1 aliphatic rings. The second-order valence-electron chi connectivity index (χ2n) is 7.29. The van der Waals surface area contributed by atoms with E-state index in [4.69, 9.17) is 0 Å². The Balaban J connectivity index is 1.59. The molecule has 1 atom stereocenters. The van der Waals surface area contributed by atoms with E-state index in [0.29, 0.717) is 12.1 Å². The Morgan fingerprint density at radius 3 is 2.66 bits per heavy atom. The standard InChI is InChI=1S/C23H21FN4S/c1-29-23-25-12-15(13-26-23)14-28-11-10-17-16-6-3-5-9-20(16)27-21(17)22(28)18-7-2-4-8-19(18)24/h2-9,12-13,22,27H,10-11,14H2,1H3/t22-/m1/s1. The summed E-state index contributed by atoms with van der Waals surface area (Å²) in [6.07, 6.45) is 6.63. The van der Waals surface area contributed by atoms with Crippen molar-refractivity contribution in [2.45, 2.75) is 24.2 Å². The number of hydrogen-bond donors (Lipinski definition) is 1. The molecule has 146 valence electrons. The fourth-order valence-corrected chi connectivity index (χ4v) is 4.59. The molecule has 4 aromatic rings. The highest BCUT2D eigenvalue weighted by atomic mass is 32.2. The molecular weight excluding hydrogens is 383 g/mol. The summed E-state index contributed by atoms with van der Waals surface area (Å²) in [4.78, 5) is 14.7. The smallest absolute Gasteiger partial charge is 0.187 e. The van der Waals surface area contributed by atoms with E-state index in [1.165, 1.54) is 22.7 Å². The maximum absolute atomic E-state index is 14.9. The highest BCUT2D eigenvalue weighted by Crippen LogP contribution is 2.39. The Morgan fingerprint density at radius 2 is 1.86 bits per heavy atom. The summed E-state index contributed by atoms with van der Waals surface area (Å²) in [6, 6.07) is 15.2. The quantitative estimate of drug-likeness (QED) is 0.385. The second kappa shape index (κ2) is 7.61. The minimum atomic E-state index is -0.178. The van der Waals surface area contributed by atoms with Gasteiger partial charge in [-0.25, -0.2) is 14.4 Å².